The zero-order valence-corrected chi connectivity index (χ0v) is 15.5. The minimum Gasteiger partial charge on any atom is -0.497 e. The number of halogens is 1. The summed E-state index contributed by atoms with van der Waals surface area (Å²) in [5.74, 6) is 1.15. The summed E-state index contributed by atoms with van der Waals surface area (Å²) in [6, 6.07) is 17.4. The van der Waals surface area contributed by atoms with E-state index >= 15 is 0 Å². The van der Waals surface area contributed by atoms with Crippen LogP contribution in [0, 0.1) is 10.1 Å². The summed E-state index contributed by atoms with van der Waals surface area (Å²) in [7, 11) is 1.57. The number of methoxy groups -OCH3 is 1. The molecule has 142 valence electrons. The predicted molar refractivity (Wildman–Crippen MR) is 106 cm³/mol. The molecular weight excluding hydrogens is 384 g/mol. The average molecular weight is 399 g/mol. The summed E-state index contributed by atoms with van der Waals surface area (Å²) in [4.78, 5) is 22.5. The summed E-state index contributed by atoms with van der Waals surface area (Å²) in [6.07, 6.45) is 0. The van der Waals surface area contributed by atoms with Crippen molar-refractivity contribution in [2.75, 3.05) is 12.4 Å². The Kier molecular flexibility index (Phi) is 5.76. The number of anilines is 1. The molecule has 0 saturated heterocycles. The van der Waals surface area contributed by atoms with Gasteiger partial charge in [-0.2, -0.15) is 0 Å². The standard InChI is InChI=1S/C20H15ClN2O5/c1-27-16-9-4-14(5-10-16)22-20(24)13-2-7-17(8-3-13)28-19-11-6-15(23(25)26)12-18(19)21/h2-12H,1H3,(H,22,24). The molecule has 0 aliphatic heterocycles. The number of nitrogens with zero attached hydrogens (tertiary/aromatic N) is 1. The third-order valence-corrected chi connectivity index (χ3v) is 4.11. The average Bonchev–Trinajstić information content (AvgIpc) is 2.70. The van der Waals surface area contributed by atoms with E-state index in [4.69, 9.17) is 21.1 Å². The minimum absolute atomic E-state index is 0.121. The maximum Gasteiger partial charge on any atom is 0.271 e. The molecular formula is C20H15ClN2O5. The van der Waals surface area contributed by atoms with Crippen molar-refractivity contribution < 1.29 is 19.2 Å². The van der Waals surface area contributed by atoms with E-state index < -0.39 is 4.92 Å². The number of nitrogens with one attached hydrogen (secondary N) is 1. The Morgan fingerprint density at radius 1 is 1.00 bits per heavy atom. The summed E-state index contributed by atoms with van der Waals surface area (Å²) in [6.45, 7) is 0. The molecule has 0 aliphatic carbocycles. The molecule has 3 aromatic carbocycles. The summed E-state index contributed by atoms with van der Waals surface area (Å²) in [5, 5.41) is 13.7. The van der Waals surface area contributed by atoms with E-state index in [1.807, 2.05) is 0 Å². The Balaban J connectivity index is 1.67. The highest BCUT2D eigenvalue weighted by Gasteiger charge is 2.12. The second-order valence-electron chi connectivity index (χ2n) is 5.68. The van der Waals surface area contributed by atoms with Crippen molar-refractivity contribution in [3.63, 3.8) is 0 Å². The molecule has 7 nitrogen and oxygen atoms in total. The molecule has 0 aliphatic rings. The zero-order chi connectivity index (χ0) is 20.1. The third-order valence-electron chi connectivity index (χ3n) is 3.82. The maximum absolute atomic E-state index is 12.3. The van der Waals surface area contributed by atoms with E-state index in [9.17, 15) is 14.9 Å². The van der Waals surface area contributed by atoms with Gasteiger partial charge in [0.05, 0.1) is 17.1 Å². The second-order valence-corrected chi connectivity index (χ2v) is 6.09. The van der Waals surface area contributed by atoms with Crippen LogP contribution in [0.1, 0.15) is 10.4 Å². The van der Waals surface area contributed by atoms with Crippen molar-refractivity contribution in [1.29, 1.82) is 0 Å². The molecule has 0 heterocycles. The summed E-state index contributed by atoms with van der Waals surface area (Å²) in [5.41, 5.74) is 0.963. The summed E-state index contributed by atoms with van der Waals surface area (Å²) < 4.78 is 10.7. The monoisotopic (exact) mass is 398 g/mol. The number of amides is 1. The van der Waals surface area contributed by atoms with Crippen molar-refractivity contribution in [3.8, 4) is 17.2 Å². The summed E-state index contributed by atoms with van der Waals surface area (Å²) >= 11 is 6.01. The Bertz CT molecular complexity index is 1000. The first kappa shape index (κ1) is 19.2. The highest BCUT2D eigenvalue weighted by atomic mass is 35.5. The lowest BCUT2D eigenvalue weighted by atomic mass is 10.2. The number of nitro benzene ring substituents is 1. The molecule has 1 amide bonds. The van der Waals surface area contributed by atoms with Crippen LogP contribution in [0.25, 0.3) is 0 Å². The van der Waals surface area contributed by atoms with Crippen LogP contribution in [0.3, 0.4) is 0 Å². The van der Waals surface area contributed by atoms with Crippen molar-refractivity contribution >= 4 is 28.9 Å². The molecule has 3 rings (SSSR count). The van der Waals surface area contributed by atoms with E-state index in [0.717, 1.165) is 0 Å². The predicted octanol–water partition coefficient (Wildman–Crippen LogP) is 5.30. The smallest absolute Gasteiger partial charge is 0.271 e. The van der Waals surface area contributed by atoms with Gasteiger partial charge in [0, 0.05) is 23.4 Å². The lowest BCUT2D eigenvalue weighted by molar-refractivity contribution is -0.384. The van der Waals surface area contributed by atoms with Gasteiger partial charge in [0.25, 0.3) is 11.6 Å². The number of hydrogen-bond acceptors (Lipinski definition) is 5. The minimum atomic E-state index is -0.536. The van der Waals surface area contributed by atoms with Crippen LogP contribution in [0.15, 0.2) is 66.7 Å². The van der Waals surface area contributed by atoms with Gasteiger partial charge in [-0.1, -0.05) is 11.6 Å². The molecule has 0 atom stereocenters. The Morgan fingerprint density at radius 3 is 2.21 bits per heavy atom. The molecule has 8 heteroatoms. The van der Waals surface area contributed by atoms with Gasteiger partial charge >= 0.3 is 0 Å². The first-order valence-corrected chi connectivity index (χ1v) is 8.51. The SMILES string of the molecule is COc1ccc(NC(=O)c2ccc(Oc3ccc([N+](=O)[O-])cc3Cl)cc2)cc1. The van der Waals surface area contributed by atoms with Crippen molar-refractivity contribution in [3.05, 3.63) is 87.4 Å². The normalized spacial score (nSPS) is 10.2. The Morgan fingerprint density at radius 2 is 1.64 bits per heavy atom. The topological polar surface area (TPSA) is 90.7 Å². The number of carbonyl (C=O) groups excluding carboxylic acids is 1. The number of ether oxygens (including phenoxy) is 2. The number of benzene rings is 3. The maximum atomic E-state index is 12.3. The van der Waals surface area contributed by atoms with E-state index in [2.05, 4.69) is 5.32 Å². The molecule has 0 bridgehead atoms. The second kappa shape index (κ2) is 8.41. The largest absolute Gasteiger partial charge is 0.497 e. The first-order valence-electron chi connectivity index (χ1n) is 8.13. The van der Waals surface area contributed by atoms with Gasteiger partial charge in [-0.25, -0.2) is 0 Å². The van der Waals surface area contributed by atoms with Gasteiger partial charge in [0.2, 0.25) is 0 Å². The van der Waals surface area contributed by atoms with E-state index in [1.165, 1.54) is 18.2 Å². The number of rotatable bonds is 6. The Hall–Kier alpha value is -3.58. The molecule has 0 unspecified atom stereocenters. The van der Waals surface area contributed by atoms with Crippen LogP contribution in [-0.2, 0) is 0 Å². The van der Waals surface area contributed by atoms with Crippen LogP contribution < -0.4 is 14.8 Å². The lowest BCUT2D eigenvalue weighted by Gasteiger charge is -2.09. The molecule has 3 aromatic rings. The Labute approximate surface area is 165 Å². The van der Waals surface area contributed by atoms with Gasteiger partial charge in [-0.15, -0.1) is 0 Å². The lowest BCUT2D eigenvalue weighted by Crippen LogP contribution is -2.11. The fourth-order valence-corrected chi connectivity index (χ4v) is 2.58. The fourth-order valence-electron chi connectivity index (χ4n) is 2.37. The van der Waals surface area contributed by atoms with Gasteiger partial charge in [-0.05, 0) is 54.6 Å². The molecule has 1 N–H and O–H groups in total. The quantitative estimate of drug-likeness (QED) is 0.449. The van der Waals surface area contributed by atoms with Gasteiger partial charge in [0.1, 0.15) is 17.2 Å². The van der Waals surface area contributed by atoms with Crippen molar-refractivity contribution in [2.24, 2.45) is 0 Å². The van der Waals surface area contributed by atoms with Crippen LogP contribution in [0.5, 0.6) is 17.2 Å². The first-order chi connectivity index (χ1) is 13.5. The third kappa shape index (κ3) is 4.57. The van der Waals surface area contributed by atoms with Crippen LogP contribution in [0.2, 0.25) is 5.02 Å². The number of non-ortho nitro benzene ring substituents is 1. The van der Waals surface area contributed by atoms with Gasteiger partial charge < -0.3 is 14.8 Å². The van der Waals surface area contributed by atoms with Crippen molar-refractivity contribution in [1.82, 2.24) is 0 Å². The van der Waals surface area contributed by atoms with Crippen LogP contribution >= 0.6 is 11.6 Å². The van der Waals surface area contributed by atoms with Crippen LogP contribution in [-0.4, -0.2) is 17.9 Å². The molecule has 0 spiro atoms. The molecule has 0 fully saturated rings. The molecule has 0 aromatic heterocycles. The molecule has 28 heavy (non-hydrogen) atoms. The van der Waals surface area contributed by atoms with Gasteiger partial charge in [-0.3, -0.25) is 14.9 Å². The number of hydrogen-bond donors (Lipinski definition) is 1. The number of carbonyl (C=O) groups is 1. The zero-order valence-electron chi connectivity index (χ0n) is 14.7. The van der Waals surface area contributed by atoms with Gasteiger partial charge in [0.15, 0.2) is 0 Å². The molecule has 0 radical (unpaired) electrons. The highest BCUT2D eigenvalue weighted by Crippen LogP contribution is 2.32. The fraction of sp³-hybridized carbons (Fsp3) is 0.0500. The van der Waals surface area contributed by atoms with E-state index in [-0.39, 0.29) is 22.4 Å². The van der Waals surface area contributed by atoms with Crippen molar-refractivity contribution in [2.45, 2.75) is 0 Å². The van der Waals surface area contributed by atoms with E-state index in [0.29, 0.717) is 22.7 Å². The number of nitro groups is 1. The highest BCUT2D eigenvalue weighted by molar-refractivity contribution is 6.32. The van der Waals surface area contributed by atoms with E-state index in [1.54, 1.807) is 55.6 Å². The van der Waals surface area contributed by atoms with Crippen LogP contribution in [0.4, 0.5) is 11.4 Å². The molecule has 0 saturated carbocycles.